The summed E-state index contributed by atoms with van der Waals surface area (Å²) in [6.07, 6.45) is 2.08. The van der Waals surface area contributed by atoms with Gasteiger partial charge in [0.2, 0.25) is 15.9 Å². The third-order valence-electron chi connectivity index (χ3n) is 4.11. The van der Waals surface area contributed by atoms with Gasteiger partial charge in [0.1, 0.15) is 5.25 Å². The van der Waals surface area contributed by atoms with Crippen LogP contribution in [0.3, 0.4) is 0 Å². The lowest BCUT2D eigenvalue weighted by Crippen LogP contribution is -2.32. The summed E-state index contributed by atoms with van der Waals surface area (Å²) < 4.78 is 22.8. The molecule has 1 aliphatic heterocycles. The first kappa shape index (κ1) is 14.2. The van der Waals surface area contributed by atoms with Gasteiger partial charge < -0.3 is 4.90 Å². The van der Waals surface area contributed by atoms with E-state index in [1.807, 2.05) is 6.07 Å². The molecule has 21 heavy (non-hydrogen) atoms. The first-order valence-corrected chi connectivity index (χ1v) is 8.45. The number of hydrogen-bond donors (Lipinski definition) is 1. The van der Waals surface area contributed by atoms with E-state index in [1.54, 1.807) is 12.1 Å². The van der Waals surface area contributed by atoms with E-state index < -0.39 is 15.3 Å². The van der Waals surface area contributed by atoms with E-state index in [1.165, 1.54) is 4.90 Å². The van der Waals surface area contributed by atoms with Crippen LogP contribution >= 0.6 is 0 Å². The molecule has 0 radical (unpaired) electrons. The molecule has 1 unspecified atom stereocenters. The Kier molecular flexibility index (Phi) is 3.33. The van der Waals surface area contributed by atoms with Gasteiger partial charge in [0, 0.05) is 30.6 Å². The lowest BCUT2D eigenvalue weighted by Gasteiger charge is -2.20. The molecule has 3 rings (SSSR count). The Morgan fingerprint density at radius 1 is 1.19 bits per heavy atom. The van der Waals surface area contributed by atoms with Crippen molar-refractivity contribution in [1.82, 2.24) is 0 Å². The molecular weight excluding hydrogens is 292 g/mol. The van der Waals surface area contributed by atoms with Gasteiger partial charge in [-0.1, -0.05) is 0 Å². The minimum Gasteiger partial charge on any atom is -0.311 e. The van der Waals surface area contributed by atoms with Crippen molar-refractivity contribution in [2.45, 2.75) is 30.9 Å². The van der Waals surface area contributed by atoms with Gasteiger partial charge in [-0.15, -0.1) is 0 Å². The van der Waals surface area contributed by atoms with E-state index in [0.717, 1.165) is 18.4 Å². The minimum absolute atomic E-state index is 0.0738. The zero-order valence-corrected chi connectivity index (χ0v) is 12.2. The highest BCUT2D eigenvalue weighted by molar-refractivity contribution is 7.89. The number of benzene rings is 1. The highest BCUT2D eigenvalue weighted by Gasteiger charge is 2.37. The lowest BCUT2D eigenvalue weighted by molar-refractivity contribution is -0.117. The smallest absolute Gasteiger partial charge is 0.228 e. The molecule has 7 heteroatoms. The summed E-state index contributed by atoms with van der Waals surface area (Å²) in [4.78, 5) is 25.2. The fourth-order valence-corrected chi connectivity index (χ4v) is 3.68. The molecule has 1 saturated heterocycles. The SMILES string of the molecule is NS(=O)(=O)C1CC(=O)N(c2ccc3c(c2)CCCC3=O)C1. The maximum atomic E-state index is 12.0. The van der Waals surface area contributed by atoms with E-state index in [4.69, 9.17) is 5.14 Å². The molecule has 1 aromatic carbocycles. The summed E-state index contributed by atoms with van der Waals surface area (Å²) in [5.74, 6) is -0.130. The highest BCUT2D eigenvalue weighted by Crippen LogP contribution is 2.29. The summed E-state index contributed by atoms with van der Waals surface area (Å²) >= 11 is 0. The zero-order valence-electron chi connectivity index (χ0n) is 11.4. The number of Topliss-reactive ketones (excluding diaryl/α,β-unsaturated/α-hetero) is 1. The average molecular weight is 308 g/mol. The summed E-state index contributed by atoms with van der Waals surface area (Å²) in [6.45, 7) is 0.0738. The predicted molar refractivity (Wildman–Crippen MR) is 77.6 cm³/mol. The quantitative estimate of drug-likeness (QED) is 0.865. The van der Waals surface area contributed by atoms with E-state index >= 15 is 0 Å². The van der Waals surface area contributed by atoms with E-state index in [-0.39, 0.29) is 24.7 Å². The number of anilines is 1. The Labute approximate surface area is 123 Å². The number of primary sulfonamides is 1. The van der Waals surface area contributed by atoms with Crippen molar-refractivity contribution < 1.29 is 18.0 Å². The molecule has 1 aliphatic carbocycles. The average Bonchev–Trinajstić information content (AvgIpc) is 2.81. The van der Waals surface area contributed by atoms with Crippen LogP contribution in [-0.2, 0) is 21.2 Å². The fraction of sp³-hybridized carbons (Fsp3) is 0.429. The Bertz CT molecular complexity index is 726. The van der Waals surface area contributed by atoms with Gasteiger partial charge in [0.05, 0.1) is 0 Å². The van der Waals surface area contributed by atoms with Crippen molar-refractivity contribution in [3.63, 3.8) is 0 Å². The molecule has 1 heterocycles. The third kappa shape index (κ3) is 2.58. The second kappa shape index (κ2) is 4.92. The molecule has 2 N–H and O–H groups in total. The molecule has 0 spiro atoms. The molecule has 1 fully saturated rings. The van der Waals surface area contributed by atoms with Crippen LogP contribution < -0.4 is 10.0 Å². The second-order valence-corrected chi connectivity index (χ2v) is 7.38. The van der Waals surface area contributed by atoms with Crippen molar-refractivity contribution in [3.8, 4) is 0 Å². The molecule has 1 atom stereocenters. The van der Waals surface area contributed by atoms with Crippen LogP contribution in [0, 0.1) is 0 Å². The molecule has 0 saturated carbocycles. The normalized spacial score (nSPS) is 22.5. The number of hydrogen-bond acceptors (Lipinski definition) is 4. The van der Waals surface area contributed by atoms with Gasteiger partial charge in [-0.05, 0) is 36.6 Å². The van der Waals surface area contributed by atoms with Crippen LogP contribution in [0.1, 0.15) is 35.2 Å². The number of carbonyl (C=O) groups excluding carboxylic acids is 2. The minimum atomic E-state index is -3.72. The maximum absolute atomic E-state index is 12.0. The van der Waals surface area contributed by atoms with Crippen LogP contribution in [0.25, 0.3) is 0 Å². The number of nitrogens with zero attached hydrogens (tertiary/aromatic N) is 1. The Hall–Kier alpha value is -1.73. The molecular formula is C14H16N2O4S. The van der Waals surface area contributed by atoms with Crippen LogP contribution in [0.15, 0.2) is 18.2 Å². The zero-order chi connectivity index (χ0) is 15.2. The number of nitrogens with two attached hydrogens (primary N) is 1. The lowest BCUT2D eigenvalue weighted by atomic mass is 9.90. The Morgan fingerprint density at radius 3 is 2.62 bits per heavy atom. The molecule has 0 aromatic heterocycles. The summed E-state index contributed by atoms with van der Waals surface area (Å²) in [7, 11) is -3.72. The molecule has 6 nitrogen and oxygen atoms in total. The van der Waals surface area contributed by atoms with Crippen LogP contribution in [-0.4, -0.2) is 31.9 Å². The Balaban J connectivity index is 1.91. The number of amides is 1. The van der Waals surface area contributed by atoms with Gasteiger partial charge in [-0.2, -0.15) is 0 Å². The number of carbonyl (C=O) groups is 2. The van der Waals surface area contributed by atoms with Crippen molar-refractivity contribution in [2.75, 3.05) is 11.4 Å². The second-order valence-electron chi connectivity index (χ2n) is 5.54. The van der Waals surface area contributed by atoms with Crippen molar-refractivity contribution in [3.05, 3.63) is 29.3 Å². The van der Waals surface area contributed by atoms with Gasteiger partial charge in [-0.3, -0.25) is 9.59 Å². The molecule has 2 aliphatic rings. The highest BCUT2D eigenvalue weighted by atomic mass is 32.2. The number of sulfonamides is 1. The van der Waals surface area contributed by atoms with Gasteiger partial charge >= 0.3 is 0 Å². The summed E-state index contributed by atoms with van der Waals surface area (Å²) in [6, 6.07) is 5.24. The summed E-state index contributed by atoms with van der Waals surface area (Å²) in [5.41, 5.74) is 2.27. The van der Waals surface area contributed by atoms with Crippen LogP contribution in [0.5, 0.6) is 0 Å². The van der Waals surface area contributed by atoms with Crippen LogP contribution in [0.2, 0.25) is 0 Å². The fourth-order valence-electron chi connectivity index (χ4n) is 2.95. The molecule has 1 amide bonds. The van der Waals surface area contributed by atoms with E-state index in [2.05, 4.69) is 0 Å². The number of fused-ring (bicyclic) bond motifs is 1. The first-order valence-electron chi connectivity index (χ1n) is 6.84. The van der Waals surface area contributed by atoms with Crippen molar-refractivity contribution in [1.29, 1.82) is 0 Å². The van der Waals surface area contributed by atoms with Crippen LogP contribution in [0.4, 0.5) is 5.69 Å². The van der Waals surface area contributed by atoms with E-state index in [9.17, 15) is 18.0 Å². The van der Waals surface area contributed by atoms with E-state index in [0.29, 0.717) is 17.7 Å². The standard InChI is InChI=1S/C14H16N2O4S/c15-21(19,20)11-7-14(18)16(8-11)10-4-5-12-9(6-10)2-1-3-13(12)17/h4-6,11H,1-3,7-8H2,(H2,15,19,20). The third-order valence-corrected chi connectivity index (χ3v) is 5.35. The predicted octanol–water partition coefficient (Wildman–Crippen LogP) is 0.599. The number of ketones is 1. The monoisotopic (exact) mass is 308 g/mol. The first-order chi connectivity index (χ1) is 9.86. The van der Waals surface area contributed by atoms with Gasteiger partial charge in [-0.25, -0.2) is 13.6 Å². The summed E-state index contributed by atoms with van der Waals surface area (Å²) in [5, 5.41) is 4.26. The van der Waals surface area contributed by atoms with Crippen molar-refractivity contribution in [2.24, 2.45) is 5.14 Å². The largest absolute Gasteiger partial charge is 0.311 e. The molecule has 1 aromatic rings. The molecule has 0 bridgehead atoms. The van der Waals surface area contributed by atoms with Crippen molar-refractivity contribution >= 4 is 27.4 Å². The van der Waals surface area contributed by atoms with Gasteiger partial charge in [0.25, 0.3) is 0 Å². The van der Waals surface area contributed by atoms with Gasteiger partial charge in [0.15, 0.2) is 5.78 Å². The maximum Gasteiger partial charge on any atom is 0.228 e. The topological polar surface area (TPSA) is 97.5 Å². The molecule has 112 valence electrons. The number of rotatable bonds is 2. The number of aryl methyl sites for hydroxylation is 1. The Morgan fingerprint density at radius 2 is 1.95 bits per heavy atom.